The van der Waals surface area contributed by atoms with Crippen LogP contribution >= 0.6 is 11.8 Å². The molecule has 1 aromatic heterocycles. The van der Waals surface area contributed by atoms with Gasteiger partial charge in [-0.25, -0.2) is 4.79 Å². The quantitative estimate of drug-likeness (QED) is 0.381. The first-order chi connectivity index (χ1) is 14.7. The maximum absolute atomic E-state index is 11.5. The summed E-state index contributed by atoms with van der Waals surface area (Å²) in [5.74, 6) is 1.49. The first-order valence-electron chi connectivity index (χ1n) is 10.4. The zero-order valence-electron chi connectivity index (χ0n) is 17.8. The van der Waals surface area contributed by atoms with Crippen LogP contribution in [0.25, 0.3) is 11.4 Å². The fraction of sp³-hybridized carbons (Fsp3) is 0.391. The number of aromatic amines is 1. The van der Waals surface area contributed by atoms with Crippen LogP contribution in [0.1, 0.15) is 39.5 Å². The number of H-pyrrole nitrogens is 1. The lowest BCUT2D eigenvalue weighted by Gasteiger charge is -2.28. The molecule has 3 aromatic rings. The van der Waals surface area contributed by atoms with Crippen molar-refractivity contribution in [3.8, 4) is 22.9 Å². The number of para-hydroxylation sites is 1. The maximum atomic E-state index is 11.5. The highest BCUT2D eigenvalue weighted by Gasteiger charge is 2.20. The van der Waals surface area contributed by atoms with Gasteiger partial charge in [-0.3, -0.25) is 9.51 Å². The first-order valence-corrected chi connectivity index (χ1v) is 11.6. The molecule has 0 fully saturated rings. The third-order valence-electron chi connectivity index (χ3n) is 4.84. The molecule has 0 aliphatic rings. The number of rotatable bonds is 11. The van der Waals surface area contributed by atoms with E-state index >= 15 is 0 Å². The molecule has 0 spiro atoms. The molecule has 0 aliphatic carbocycles. The van der Waals surface area contributed by atoms with Crippen molar-refractivity contribution >= 4 is 17.4 Å². The van der Waals surface area contributed by atoms with Gasteiger partial charge in [-0.1, -0.05) is 50.0 Å². The van der Waals surface area contributed by atoms with Gasteiger partial charge in [0.25, 0.3) is 0 Å². The Kier molecular flexibility index (Phi) is 8.02. The van der Waals surface area contributed by atoms with Gasteiger partial charge in [0.2, 0.25) is 0 Å². The maximum Gasteiger partial charge on any atom is 0.439 e. The van der Waals surface area contributed by atoms with Gasteiger partial charge in [0.1, 0.15) is 5.75 Å². The third-order valence-corrected chi connectivity index (χ3v) is 5.58. The molecule has 0 saturated carbocycles. The smallest absolute Gasteiger partial charge is 0.439 e. The summed E-state index contributed by atoms with van der Waals surface area (Å²) < 4.78 is 11.1. The van der Waals surface area contributed by atoms with Crippen LogP contribution in [-0.4, -0.2) is 29.5 Å². The van der Waals surface area contributed by atoms with Gasteiger partial charge in [-0.2, -0.15) is 0 Å². The Labute approximate surface area is 181 Å². The molecule has 7 heteroatoms. The predicted molar refractivity (Wildman–Crippen MR) is 123 cm³/mol. The summed E-state index contributed by atoms with van der Waals surface area (Å²) in [5.41, 5.74) is 1.81. The molecule has 0 radical (unpaired) electrons. The van der Waals surface area contributed by atoms with Crippen molar-refractivity contribution in [2.45, 2.75) is 44.4 Å². The highest BCUT2D eigenvalue weighted by atomic mass is 32.2. The standard InChI is InChI=1S/C23H29N3O3S/c1-4-6-13-26(14-7-5-2)19-15-17(22-24-23(27)29-25-22)16-20(30-3)21(19)28-18-11-9-8-10-12-18/h8-12,15-16H,4-7,13-14H2,1-3H3,(H,24,25,27). The van der Waals surface area contributed by atoms with Crippen molar-refractivity contribution in [3.05, 3.63) is 53.0 Å². The molecule has 0 aliphatic heterocycles. The highest BCUT2D eigenvalue weighted by molar-refractivity contribution is 7.98. The number of hydrogen-bond donors (Lipinski definition) is 1. The van der Waals surface area contributed by atoms with Crippen LogP contribution < -0.4 is 15.4 Å². The lowest BCUT2D eigenvalue weighted by molar-refractivity contribution is 0.388. The van der Waals surface area contributed by atoms with E-state index in [0.717, 1.165) is 66.4 Å². The average molecular weight is 428 g/mol. The Morgan fingerprint density at radius 3 is 2.37 bits per heavy atom. The van der Waals surface area contributed by atoms with Crippen LogP contribution in [0, 0.1) is 0 Å². The minimum atomic E-state index is -0.560. The molecule has 0 atom stereocenters. The van der Waals surface area contributed by atoms with Gasteiger partial charge in [0.05, 0.1) is 10.6 Å². The zero-order chi connectivity index (χ0) is 21.3. The van der Waals surface area contributed by atoms with Gasteiger partial charge in [-0.05, 0) is 43.4 Å². The Bertz CT molecular complexity index is 977. The number of nitrogens with zero attached hydrogens (tertiary/aromatic N) is 2. The first kappa shape index (κ1) is 22.0. The molecule has 30 heavy (non-hydrogen) atoms. The summed E-state index contributed by atoms with van der Waals surface area (Å²) in [6.45, 7) is 6.27. The number of nitrogens with one attached hydrogen (secondary N) is 1. The van der Waals surface area contributed by atoms with E-state index in [1.165, 1.54) is 0 Å². The van der Waals surface area contributed by atoms with E-state index in [-0.39, 0.29) is 0 Å². The zero-order valence-corrected chi connectivity index (χ0v) is 18.6. The minimum absolute atomic E-state index is 0.425. The van der Waals surface area contributed by atoms with Gasteiger partial charge >= 0.3 is 5.76 Å². The SMILES string of the molecule is CCCCN(CCCC)c1cc(-c2noc(=O)[nH]2)cc(SC)c1Oc1ccccc1. The van der Waals surface area contributed by atoms with E-state index in [0.29, 0.717) is 5.82 Å². The second-order valence-corrected chi connectivity index (χ2v) is 7.93. The van der Waals surface area contributed by atoms with Crippen LogP contribution in [0.2, 0.25) is 0 Å². The highest BCUT2D eigenvalue weighted by Crippen LogP contribution is 2.43. The Morgan fingerprint density at radius 1 is 1.10 bits per heavy atom. The second kappa shape index (κ2) is 10.9. The number of unbranched alkanes of at least 4 members (excludes halogenated alkanes) is 2. The molecule has 6 nitrogen and oxygen atoms in total. The van der Waals surface area contributed by atoms with E-state index in [2.05, 4.69) is 28.9 Å². The molecule has 3 rings (SSSR count). The van der Waals surface area contributed by atoms with Crippen LogP contribution in [0.3, 0.4) is 0 Å². The summed E-state index contributed by atoms with van der Waals surface area (Å²) in [6.07, 6.45) is 6.43. The molecule has 160 valence electrons. The van der Waals surface area contributed by atoms with Crippen LogP contribution in [0.4, 0.5) is 5.69 Å². The third kappa shape index (κ3) is 5.48. The lowest BCUT2D eigenvalue weighted by Crippen LogP contribution is -2.26. The van der Waals surface area contributed by atoms with Crippen molar-refractivity contribution in [2.24, 2.45) is 0 Å². The lowest BCUT2D eigenvalue weighted by atomic mass is 10.1. The summed E-state index contributed by atoms with van der Waals surface area (Å²) in [5, 5.41) is 3.89. The number of hydrogen-bond acceptors (Lipinski definition) is 6. The van der Waals surface area contributed by atoms with Gasteiger partial charge < -0.3 is 9.64 Å². The second-order valence-electron chi connectivity index (χ2n) is 7.08. The van der Waals surface area contributed by atoms with Crippen molar-refractivity contribution in [3.63, 3.8) is 0 Å². The normalized spacial score (nSPS) is 10.9. The molecule has 1 N–H and O–H groups in total. The van der Waals surface area contributed by atoms with E-state index in [9.17, 15) is 4.79 Å². The molecule has 0 saturated heterocycles. The van der Waals surface area contributed by atoms with Gasteiger partial charge in [-0.15, -0.1) is 11.8 Å². The topological polar surface area (TPSA) is 71.4 Å². The molecular formula is C23H29N3O3S. The van der Waals surface area contributed by atoms with Crippen LogP contribution in [0.5, 0.6) is 11.5 Å². The van der Waals surface area contributed by atoms with E-state index in [4.69, 9.17) is 9.26 Å². The Hall–Kier alpha value is -2.67. The number of anilines is 1. The fourth-order valence-electron chi connectivity index (χ4n) is 3.22. The number of ether oxygens (including phenoxy) is 1. The Balaban J connectivity index is 2.12. The van der Waals surface area contributed by atoms with Crippen molar-refractivity contribution in [1.82, 2.24) is 10.1 Å². The van der Waals surface area contributed by atoms with Gasteiger partial charge in [0.15, 0.2) is 11.6 Å². The summed E-state index contributed by atoms with van der Waals surface area (Å²) in [7, 11) is 0. The van der Waals surface area contributed by atoms with Crippen molar-refractivity contribution in [2.75, 3.05) is 24.2 Å². The molecular weight excluding hydrogens is 398 g/mol. The summed E-state index contributed by atoms with van der Waals surface area (Å²) in [6, 6.07) is 13.8. The van der Waals surface area contributed by atoms with E-state index < -0.39 is 5.76 Å². The average Bonchev–Trinajstić information content (AvgIpc) is 3.21. The molecule has 0 amide bonds. The molecule has 0 bridgehead atoms. The molecule has 2 aromatic carbocycles. The molecule has 1 heterocycles. The van der Waals surface area contributed by atoms with E-state index in [1.807, 2.05) is 48.7 Å². The number of thioether (sulfide) groups is 1. The van der Waals surface area contributed by atoms with Gasteiger partial charge in [0, 0.05) is 18.7 Å². The fourth-order valence-corrected chi connectivity index (χ4v) is 3.80. The van der Waals surface area contributed by atoms with Crippen molar-refractivity contribution in [1.29, 1.82) is 0 Å². The monoisotopic (exact) mass is 427 g/mol. The largest absolute Gasteiger partial charge is 0.454 e. The molecule has 0 unspecified atom stereocenters. The number of benzene rings is 2. The summed E-state index contributed by atoms with van der Waals surface area (Å²) in [4.78, 5) is 17.5. The van der Waals surface area contributed by atoms with Crippen LogP contribution in [0.15, 0.2) is 56.7 Å². The Morgan fingerprint density at radius 2 is 1.80 bits per heavy atom. The van der Waals surface area contributed by atoms with E-state index in [1.54, 1.807) is 11.8 Å². The van der Waals surface area contributed by atoms with Crippen LogP contribution in [-0.2, 0) is 0 Å². The predicted octanol–water partition coefficient (Wildman–Crippen LogP) is 5.95. The minimum Gasteiger partial charge on any atom is -0.454 e. The number of aromatic nitrogens is 2. The van der Waals surface area contributed by atoms with Crippen molar-refractivity contribution < 1.29 is 9.26 Å². The summed E-state index contributed by atoms with van der Waals surface area (Å²) >= 11 is 1.61.